The Labute approximate surface area is 174 Å². The highest BCUT2D eigenvalue weighted by molar-refractivity contribution is 5.71. The molecule has 2 heterocycles. The third-order valence-electron chi connectivity index (χ3n) is 4.98. The molecule has 0 spiro atoms. The van der Waals surface area contributed by atoms with E-state index in [1.165, 1.54) is 0 Å². The first-order valence-corrected chi connectivity index (χ1v) is 9.69. The van der Waals surface area contributed by atoms with Crippen molar-refractivity contribution in [2.75, 3.05) is 13.7 Å². The number of allylic oxidation sites excluding steroid dienone is 1. The van der Waals surface area contributed by atoms with Crippen LogP contribution >= 0.6 is 0 Å². The second-order valence-electron chi connectivity index (χ2n) is 6.87. The van der Waals surface area contributed by atoms with Gasteiger partial charge in [0.2, 0.25) is 11.8 Å². The van der Waals surface area contributed by atoms with Gasteiger partial charge in [0.15, 0.2) is 11.5 Å². The summed E-state index contributed by atoms with van der Waals surface area (Å²) < 4.78 is 17.0. The highest BCUT2D eigenvalue weighted by Crippen LogP contribution is 2.46. The van der Waals surface area contributed by atoms with Gasteiger partial charge in [-0.2, -0.15) is 5.26 Å². The fourth-order valence-electron chi connectivity index (χ4n) is 3.60. The molecule has 30 heavy (non-hydrogen) atoms. The van der Waals surface area contributed by atoms with Crippen molar-refractivity contribution in [3.63, 3.8) is 0 Å². The zero-order valence-electron chi connectivity index (χ0n) is 16.8. The monoisotopic (exact) mass is 402 g/mol. The van der Waals surface area contributed by atoms with Crippen molar-refractivity contribution in [2.45, 2.75) is 19.3 Å². The van der Waals surface area contributed by atoms with Gasteiger partial charge in [-0.05, 0) is 29.7 Å². The lowest BCUT2D eigenvalue weighted by Crippen LogP contribution is -2.21. The summed E-state index contributed by atoms with van der Waals surface area (Å²) in [6, 6.07) is 17.6. The number of nitrogens with zero attached hydrogens (tertiary/aromatic N) is 2. The molecule has 0 aliphatic carbocycles. The van der Waals surface area contributed by atoms with E-state index in [4.69, 9.17) is 19.9 Å². The van der Waals surface area contributed by atoms with Gasteiger partial charge in [0, 0.05) is 0 Å². The molecular formula is C23H22N4O3. The number of methoxy groups -OCH3 is 1. The highest BCUT2D eigenvalue weighted by Gasteiger charge is 2.36. The number of nitrogens with one attached hydrogen (secondary N) is 1. The molecule has 7 heteroatoms. The Morgan fingerprint density at radius 2 is 2.00 bits per heavy atom. The molecule has 0 bridgehead atoms. The SMILES string of the molecule is CCCOc1ccc(C2C(C#N)=C(N)Oc3n[nH]c(-c4ccccc4)c32)cc1OC. The largest absolute Gasteiger partial charge is 0.493 e. The Balaban J connectivity index is 1.87. The molecule has 1 aliphatic heterocycles. The van der Waals surface area contributed by atoms with Crippen molar-refractivity contribution in [2.24, 2.45) is 5.73 Å². The first-order valence-electron chi connectivity index (χ1n) is 9.69. The van der Waals surface area contributed by atoms with Crippen LogP contribution in [0.15, 0.2) is 60.0 Å². The molecule has 152 valence electrons. The van der Waals surface area contributed by atoms with Crippen molar-refractivity contribution < 1.29 is 14.2 Å². The number of fused-ring (bicyclic) bond motifs is 1. The van der Waals surface area contributed by atoms with Gasteiger partial charge in [-0.25, -0.2) is 0 Å². The minimum absolute atomic E-state index is 0.0476. The van der Waals surface area contributed by atoms with Gasteiger partial charge in [0.1, 0.15) is 11.6 Å². The highest BCUT2D eigenvalue weighted by atomic mass is 16.5. The summed E-state index contributed by atoms with van der Waals surface area (Å²) >= 11 is 0. The number of ether oxygens (including phenoxy) is 3. The van der Waals surface area contributed by atoms with Crippen LogP contribution in [0.5, 0.6) is 17.4 Å². The molecule has 1 unspecified atom stereocenters. The van der Waals surface area contributed by atoms with Crippen molar-refractivity contribution >= 4 is 0 Å². The maximum atomic E-state index is 9.86. The first kappa shape index (κ1) is 19.4. The van der Waals surface area contributed by atoms with Gasteiger partial charge >= 0.3 is 0 Å². The van der Waals surface area contributed by atoms with Crippen LogP contribution in [-0.2, 0) is 0 Å². The fourth-order valence-corrected chi connectivity index (χ4v) is 3.60. The van der Waals surface area contributed by atoms with E-state index in [2.05, 4.69) is 16.3 Å². The lowest BCUT2D eigenvalue weighted by atomic mass is 9.83. The molecule has 3 aromatic rings. The number of hydrogen-bond acceptors (Lipinski definition) is 6. The van der Waals surface area contributed by atoms with E-state index in [1.54, 1.807) is 7.11 Å². The summed E-state index contributed by atoms with van der Waals surface area (Å²) in [6.45, 7) is 2.63. The van der Waals surface area contributed by atoms with E-state index in [9.17, 15) is 5.26 Å². The predicted molar refractivity (Wildman–Crippen MR) is 112 cm³/mol. The molecule has 0 amide bonds. The molecule has 0 saturated heterocycles. The molecule has 0 saturated carbocycles. The summed E-state index contributed by atoms with van der Waals surface area (Å²) in [5.41, 5.74) is 9.70. The normalized spacial score (nSPS) is 15.2. The second kappa shape index (κ2) is 8.21. The molecule has 4 rings (SSSR count). The fraction of sp³-hybridized carbons (Fsp3) is 0.217. The van der Waals surface area contributed by atoms with Gasteiger partial charge in [0.05, 0.1) is 30.9 Å². The number of H-pyrrole nitrogens is 1. The number of hydrogen-bond donors (Lipinski definition) is 2. The summed E-state index contributed by atoms with van der Waals surface area (Å²) in [5.74, 6) is 1.20. The van der Waals surface area contributed by atoms with E-state index in [0.29, 0.717) is 29.6 Å². The topological polar surface area (TPSA) is 106 Å². The molecule has 0 radical (unpaired) electrons. The van der Waals surface area contributed by atoms with E-state index < -0.39 is 5.92 Å². The average Bonchev–Trinajstić information content (AvgIpc) is 3.20. The van der Waals surface area contributed by atoms with E-state index in [-0.39, 0.29) is 5.88 Å². The van der Waals surface area contributed by atoms with Crippen LogP contribution in [0.4, 0.5) is 0 Å². The van der Waals surface area contributed by atoms with Crippen LogP contribution in [0.1, 0.15) is 30.4 Å². The Hall–Kier alpha value is -3.92. The van der Waals surface area contributed by atoms with Crippen molar-refractivity contribution in [1.29, 1.82) is 5.26 Å². The van der Waals surface area contributed by atoms with E-state index in [1.807, 2.05) is 55.5 Å². The van der Waals surface area contributed by atoms with Gasteiger partial charge in [-0.3, -0.25) is 5.10 Å². The molecule has 0 fully saturated rings. The summed E-state index contributed by atoms with van der Waals surface area (Å²) in [5, 5.41) is 17.2. The summed E-state index contributed by atoms with van der Waals surface area (Å²) in [4.78, 5) is 0. The van der Waals surface area contributed by atoms with Crippen LogP contribution in [-0.4, -0.2) is 23.9 Å². The average molecular weight is 402 g/mol. The zero-order chi connectivity index (χ0) is 21.1. The third-order valence-corrected chi connectivity index (χ3v) is 4.98. The van der Waals surface area contributed by atoms with E-state index >= 15 is 0 Å². The van der Waals surface area contributed by atoms with E-state index in [0.717, 1.165) is 28.8 Å². The first-order chi connectivity index (χ1) is 14.7. The smallest absolute Gasteiger partial charge is 0.244 e. The number of rotatable bonds is 6. The minimum atomic E-state index is -0.457. The van der Waals surface area contributed by atoms with Crippen LogP contribution < -0.4 is 19.9 Å². The molecule has 1 aromatic heterocycles. The number of aromatic nitrogens is 2. The lowest BCUT2D eigenvalue weighted by Gasteiger charge is -2.24. The number of nitriles is 1. The maximum Gasteiger partial charge on any atom is 0.244 e. The Kier molecular flexibility index (Phi) is 5.31. The number of nitrogens with two attached hydrogens (primary N) is 1. The van der Waals surface area contributed by atoms with Gasteiger partial charge in [0.25, 0.3) is 0 Å². The van der Waals surface area contributed by atoms with Gasteiger partial charge in [-0.1, -0.05) is 43.3 Å². The molecule has 2 aromatic carbocycles. The number of aromatic amines is 1. The summed E-state index contributed by atoms with van der Waals surface area (Å²) in [6.07, 6.45) is 0.890. The van der Waals surface area contributed by atoms with Crippen LogP contribution in [0.2, 0.25) is 0 Å². The second-order valence-corrected chi connectivity index (χ2v) is 6.87. The minimum Gasteiger partial charge on any atom is -0.493 e. The van der Waals surface area contributed by atoms with Crippen LogP contribution in [0.25, 0.3) is 11.3 Å². The number of benzene rings is 2. The van der Waals surface area contributed by atoms with Crippen molar-refractivity contribution in [3.05, 3.63) is 71.1 Å². The molecule has 7 nitrogen and oxygen atoms in total. The Morgan fingerprint density at radius 1 is 1.20 bits per heavy atom. The maximum absolute atomic E-state index is 9.86. The van der Waals surface area contributed by atoms with Crippen LogP contribution in [0, 0.1) is 11.3 Å². The van der Waals surface area contributed by atoms with Crippen LogP contribution in [0.3, 0.4) is 0 Å². The third kappa shape index (κ3) is 3.33. The molecule has 1 aliphatic rings. The predicted octanol–water partition coefficient (Wildman–Crippen LogP) is 4.09. The van der Waals surface area contributed by atoms with Gasteiger partial charge < -0.3 is 19.9 Å². The molecule has 3 N–H and O–H groups in total. The quantitative estimate of drug-likeness (QED) is 0.643. The lowest BCUT2D eigenvalue weighted by molar-refractivity contribution is 0.294. The van der Waals surface area contributed by atoms with Crippen molar-refractivity contribution in [3.8, 4) is 34.7 Å². The molecule has 1 atom stereocenters. The zero-order valence-corrected chi connectivity index (χ0v) is 16.8. The molecular weight excluding hydrogens is 380 g/mol. The van der Waals surface area contributed by atoms with Crippen molar-refractivity contribution in [1.82, 2.24) is 10.2 Å². The summed E-state index contributed by atoms with van der Waals surface area (Å²) in [7, 11) is 1.59. The Morgan fingerprint density at radius 3 is 2.70 bits per heavy atom. The standard InChI is InChI=1S/C23H22N4O3/c1-3-11-29-17-10-9-15(12-18(17)28-2)19-16(13-24)22(25)30-23-20(19)21(26-27-23)14-7-5-4-6-8-14/h4-10,12,19H,3,11,25H2,1-2H3,(H,26,27). The van der Waals surface area contributed by atoms with Gasteiger partial charge in [-0.15, -0.1) is 5.10 Å². The Bertz CT molecular complexity index is 1130.